The minimum absolute atomic E-state index is 0.0526. The largest absolute Gasteiger partial charge is 0.347 e. The predicted octanol–water partition coefficient (Wildman–Crippen LogP) is 2.08. The van der Waals surface area contributed by atoms with Crippen LogP contribution in [0, 0.1) is 5.92 Å². The Bertz CT molecular complexity index is 941. The third-order valence-corrected chi connectivity index (χ3v) is 6.40. The summed E-state index contributed by atoms with van der Waals surface area (Å²) >= 11 is 1.39. The number of hydrogen-bond acceptors (Lipinski definition) is 5. The minimum atomic E-state index is -3.23. The molecular formula is C20H25N3O4S2. The van der Waals surface area contributed by atoms with Crippen LogP contribution in [-0.2, 0) is 16.6 Å². The molecule has 9 heteroatoms. The molecule has 2 amide bonds. The molecule has 156 valence electrons. The molecule has 1 unspecified atom stereocenters. The van der Waals surface area contributed by atoms with Crippen LogP contribution in [0.3, 0.4) is 0 Å². The summed E-state index contributed by atoms with van der Waals surface area (Å²) < 4.78 is 25.1. The Morgan fingerprint density at radius 3 is 2.62 bits per heavy atom. The van der Waals surface area contributed by atoms with E-state index in [4.69, 9.17) is 0 Å². The molecule has 1 atom stereocenters. The summed E-state index contributed by atoms with van der Waals surface area (Å²) in [6, 6.07) is 10.8. The fourth-order valence-corrected chi connectivity index (χ4v) is 4.49. The van der Waals surface area contributed by atoms with Gasteiger partial charge < -0.3 is 10.2 Å². The number of nitrogens with one attached hydrogen (secondary N) is 2. The molecule has 1 aliphatic rings. The third kappa shape index (κ3) is 6.38. The fraction of sp³-hybridized carbons (Fsp3) is 0.400. The van der Waals surface area contributed by atoms with E-state index < -0.39 is 10.0 Å². The van der Waals surface area contributed by atoms with Crippen LogP contribution in [0.15, 0.2) is 41.8 Å². The average molecular weight is 436 g/mol. The van der Waals surface area contributed by atoms with Gasteiger partial charge in [0.2, 0.25) is 10.0 Å². The van der Waals surface area contributed by atoms with Crippen molar-refractivity contribution in [2.24, 2.45) is 5.92 Å². The molecule has 1 aliphatic heterocycles. The van der Waals surface area contributed by atoms with Crippen molar-refractivity contribution in [3.8, 4) is 0 Å². The van der Waals surface area contributed by atoms with Crippen molar-refractivity contribution in [2.75, 3.05) is 25.9 Å². The molecule has 29 heavy (non-hydrogen) atoms. The van der Waals surface area contributed by atoms with Crippen LogP contribution < -0.4 is 10.0 Å². The molecule has 0 saturated carbocycles. The number of benzene rings is 1. The summed E-state index contributed by atoms with van der Waals surface area (Å²) in [6.07, 6.45) is 2.90. The zero-order valence-corrected chi connectivity index (χ0v) is 17.9. The summed E-state index contributed by atoms with van der Waals surface area (Å²) in [6.45, 7) is 1.96. The van der Waals surface area contributed by atoms with E-state index in [1.54, 1.807) is 23.1 Å². The van der Waals surface area contributed by atoms with Gasteiger partial charge in [-0.15, -0.1) is 11.3 Å². The van der Waals surface area contributed by atoms with E-state index in [-0.39, 0.29) is 17.7 Å². The number of rotatable bonds is 7. The first-order chi connectivity index (χ1) is 13.8. The fourth-order valence-electron chi connectivity index (χ4n) is 3.31. The van der Waals surface area contributed by atoms with Gasteiger partial charge in [-0.25, -0.2) is 13.1 Å². The second kappa shape index (κ2) is 9.51. The van der Waals surface area contributed by atoms with Gasteiger partial charge in [-0.3, -0.25) is 9.59 Å². The van der Waals surface area contributed by atoms with Gasteiger partial charge in [0, 0.05) is 31.7 Å². The molecule has 1 aromatic carbocycles. The van der Waals surface area contributed by atoms with Crippen molar-refractivity contribution in [2.45, 2.75) is 19.4 Å². The van der Waals surface area contributed by atoms with E-state index >= 15 is 0 Å². The highest BCUT2D eigenvalue weighted by molar-refractivity contribution is 7.88. The lowest BCUT2D eigenvalue weighted by molar-refractivity contribution is 0.0676. The van der Waals surface area contributed by atoms with E-state index in [1.165, 1.54) is 11.3 Å². The number of sulfonamides is 1. The van der Waals surface area contributed by atoms with E-state index in [9.17, 15) is 18.0 Å². The maximum absolute atomic E-state index is 12.8. The van der Waals surface area contributed by atoms with Gasteiger partial charge in [0.15, 0.2) is 0 Å². The maximum atomic E-state index is 12.8. The van der Waals surface area contributed by atoms with Gasteiger partial charge in [0.05, 0.1) is 11.1 Å². The first kappa shape index (κ1) is 21.5. The standard InChI is InChI=1S/C20H25N3O4S2/c1-29(26,27)22-13-16-4-2-10-23(14-16)20(25)17-8-6-15(7-9-17)12-21-19(24)18-5-3-11-28-18/h3,5-9,11,16,22H,2,4,10,12-14H2,1H3,(H,21,24). The lowest BCUT2D eigenvalue weighted by atomic mass is 9.97. The van der Waals surface area contributed by atoms with Crippen molar-refractivity contribution in [1.29, 1.82) is 0 Å². The van der Waals surface area contributed by atoms with Crippen LogP contribution in [0.5, 0.6) is 0 Å². The van der Waals surface area contributed by atoms with E-state index in [0.29, 0.717) is 36.6 Å². The Kier molecular flexibility index (Phi) is 7.05. The monoisotopic (exact) mass is 435 g/mol. The number of amides is 2. The molecular weight excluding hydrogens is 410 g/mol. The average Bonchev–Trinajstić information content (AvgIpc) is 3.25. The van der Waals surface area contributed by atoms with Crippen LogP contribution in [0.2, 0.25) is 0 Å². The normalized spacial score (nSPS) is 17.1. The molecule has 2 N–H and O–H groups in total. The second-order valence-electron chi connectivity index (χ2n) is 7.24. The van der Waals surface area contributed by atoms with Crippen LogP contribution in [0.4, 0.5) is 0 Å². The highest BCUT2D eigenvalue weighted by atomic mass is 32.2. The minimum Gasteiger partial charge on any atom is -0.347 e. The van der Waals surface area contributed by atoms with Gasteiger partial charge in [0.1, 0.15) is 0 Å². The number of carbonyl (C=O) groups is 2. The van der Waals surface area contributed by atoms with E-state index in [2.05, 4.69) is 10.0 Å². The molecule has 1 fully saturated rings. The summed E-state index contributed by atoms with van der Waals surface area (Å²) in [5, 5.41) is 4.72. The Labute approximate surface area is 175 Å². The highest BCUT2D eigenvalue weighted by Crippen LogP contribution is 2.19. The zero-order valence-electron chi connectivity index (χ0n) is 16.3. The molecule has 0 radical (unpaired) electrons. The van der Waals surface area contributed by atoms with Crippen LogP contribution in [-0.4, -0.2) is 51.0 Å². The Morgan fingerprint density at radius 2 is 1.97 bits per heavy atom. The van der Waals surface area contributed by atoms with Crippen LogP contribution in [0.1, 0.15) is 38.4 Å². The van der Waals surface area contributed by atoms with Gasteiger partial charge in [-0.2, -0.15) is 0 Å². The number of thiophene rings is 1. The van der Waals surface area contributed by atoms with Gasteiger partial charge >= 0.3 is 0 Å². The first-order valence-corrected chi connectivity index (χ1v) is 12.2. The highest BCUT2D eigenvalue weighted by Gasteiger charge is 2.25. The molecule has 1 aromatic heterocycles. The summed E-state index contributed by atoms with van der Waals surface area (Å²) in [5.74, 6) is -0.0420. The quantitative estimate of drug-likeness (QED) is 0.696. The van der Waals surface area contributed by atoms with Crippen molar-refractivity contribution in [3.63, 3.8) is 0 Å². The SMILES string of the molecule is CS(=O)(=O)NCC1CCCN(C(=O)c2ccc(CNC(=O)c3cccs3)cc2)C1. The number of carbonyl (C=O) groups excluding carboxylic acids is 2. The number of hydrogen-bond donors (Lipinski definition) is 2. The Morgan fingerprint density at radius 1 is 1.21 bits per heavy atom. The molecule has 2 aromatic rings. The van der Waals surface area contributed by atoms with Crippen molar-refractivity contribution in [3.05, 3.63) is 57.8 Å². The van der Waals surface area contributed by atoms with Gasteiger partial charge in [-0.1, -0.05) is 18.2 Å². The van der Waals surface area contributed by atoms with Crippen LogP contribution >= 0.6 is 11.3 Å². The molecule has 0 bridgehead atoms. The number of nitrogens with zero attached hydrogens (tertiary/aromatic N) is 1. The molecule has 2 heterocycles. The molecule has 0 aliphatic carbocycles. The Hall–Kier alpha value is -2.23. The molecule has 1 saturated heterocycles. The topological polar surface area (TPSA) is 95.6 Å². The summed E-state index contributed by atoms with van der Waals surface area (Å²) in [5.41, 5.74) is 1.51. The number of likely N-dealkylation sites (tertiary alicyclic amines) is 1. The molecule has 7 nitrogen and oxygen atoms in total. The Balaban J connectivity index is 1.53. The smallest absolute Gasteiger partial charge is 0.261 e. The van der Waals surface area contributed by atoms with Gasteiger partial charge in [0.25, 0.3) is 11.8 Å². The molecule has 3 rings (SSSR count). The zero-order chi connectivity index (χ0) is 20.9. The third-order valence-electron chi connectivity index (χ3n) is 4.84. The predicted molar refractivity (Wildman–Crippen MR) is 113 cm³/mol. The van der Waals surface area contributed by atoms with Crippen molar-refractivity contribution in [1.82, 2.24) is 14.9 Å². The summed E-state index contributed by atoms with van der Waals surface area (Å²) in [4.78, 5) is 27.3. The van der Waals surface area contributed by atoms with Crippen LogP contribution in [0.25, 0.3) is 0 Å². The number of piperidine rings is 1. The maximum Gasteiger partial charge on any atom is 0.261 e. The second-order valence-corrected chi connectivity index (χ2v) is 10.0. The lowest BCUT2D eigenvalue weighted by Crippen LogP contribution is -2.43. The summed E-state index contributed by atoms with van der Waals surface area (Å²) in [7, 11) is -3.23. The molecule has 0 spiro atoms. The van der Waals surface area contributed by atoms with Crippen molar-refractivity contribution < 1.29 is 18.0 Å². The van der Waals surface area contributed by atoms with E-state index in [1.807, 2.05) is 23.6 Å². The van der Waals surface area contributed by atoms with Gasteiger partial charge in [-0.05, 0) is 47.9 Å². The first-order valence-electron chi connectivity index (χ1n) is 9.46. The van der Waals surface area contributed by atoms with Crippen molar-refractivity contribution >= 4 is 33.2 Å². The lowest BCUT2D eigenvalue weighted by Gasteiger charge is -2.32. The van der Waals surface area contributed by atoms with E-state index in [0.717, 1.165) is 24.7 Å².